The van der Waals surface area contributed by atoms with Gasteiger partial charge in [0.1, 0.15) is 6.54 Å². The third-order valence-electron chi connectivity index (χ3n) is 3.38. The molecule has 2 amide bonds. The van der Waals surface area contributed by atoms with Gasteiger partial charge in [-0.2, -0.15) is 5.10 Å². The summed E-state index contributed by atoms with van der Waals surface area (Å²) in [5.41, 5.74) is 4.02. The van der Waals surface area contributed by atoms with E-state index in [0.717, 1.165) is 16.1 Å². The summed E-state index contributed by atoms with van der Waals surface area (Å²) in [6.07, 6.45) is 1.52. The lowest BCUT2D eigenvalue weighted by atomic mass is 10.2. The lowest BCUT2D eigenvalue weighted by Crippen LogP contribution is -2.42. The Morgan fingerprint density at radius 2 is 2.00 bits per heavy atom. The van der Waals surface area contributed by atoms with Crippen molar-refractivity contribution in [1.82, 2.24) is 5.43 Å². The summed E-state index contributed by atoms with van der Waals surface area (Å²) in [6, 6.07) is 14.6. The Morgan fingerprint density at radius 3 is 2.79 bits per heavy atom. The van der Waals surface area contributed by atoms with Crippen LogP contribution in [-0.2, 0) is 9.59 Å². The van der Waals surface area contributed by atoms with E-state index < -0.39 is 0 Å². The average Bonchev–Trinajstić information content (AvgIpc) is 2.59. The number of nitrogens with one attached hydrogen (secondary N) is 1. The van der Waals surface area contributed by atoms with Gasteiger partial charge in [-0.15, -0.1) is 11.8 Å². The zero-order valence-electron chi connectivity index (χ0n) is 12.6. The number of benzene rings is 2. The first-order valence-corrected chi connectivity index (χ1v) is 8.59. The van der Waals surface area contributed by atoms with Crippen LogP contribution in [-0.4, -0.2) is 30.3 Å². The zero-order chi connectivity index (χ0) is 16.9. The molecule has 2 aromatic rings. The van der Waals surface area contributed by atoms with Crippen LogP contribution in [0.25, 0.3) is 0 Å². The fourth-order valence-electron chi connectivity index (χ4n) is 2.23. The van der Waals surface area contributed by atoms with Gasteiger partial charge in [-0.3, -0.25) is 9.59 Å². The summed E-state index contributed by atoms with van der Waals surface area (Å²) < 4.78 is 0. The van der Waals surface area contributed by atoms with Crippen molar-refractivity contribution in [2.45, 2.75) is 4.90 Å². The number of halogens is 1. The van der Waals surface area contributed by atoms with Crippen molar-refractivity contribution in [3.8, 4) is 0 Å². The molecule has 1 aliphatic heterocycles. The van der Waals surface area contributed by atoms with Crippen LogP contribution in [0.5, 0.6) is 0 Å². The first kappa shape index (κ1) is 16.5. The van der Waals surface area contributed by atoms with Gasteiger partial charge in [0.05, 0.1) is 17.7 Å². The van der Waals surface area contributed by atoms with Gasteiger partial charge in [-0.25, -0.2) is 5.43 Å². The summed E-state index contributed by atoms with van der Waals surface area (Å²) >= 11 is 7.29. The molecule has 0 saturated carbocycles. The maximum absolute atomic E-state index is 12.1. The maximum Gasteiger partial charge on any atom is 0.260 e. The summed E-state index contributed by atoms with van der Waals surface area (Å²) in [6.45, 7) is -0.0611. The Kier molecular flexibility index (Phi) is 5.17. The van der Waals surface area contributed by atoms with Crippen molar-refractivity contribution in [2.24, 2.45) is 5.10 Å². The number of rotatable bonds is 4. The smallest absolute Gasteiger partial charge is 0.260 e. The van der Waals surface area contributed by atoms with Crippen LogP contribution in [0.1, 0.15) is 5.56 Å². The molecule has 122 valence electrons. The monoisotopic (exact) mass is 359 g/mol. The van der Waals surface area contributed by atoms with E-state index in [-0.39, 0.29) is 18.4 Å². The first-order chi connectivity index (χ1) is 11.6. The Hall–Kier alpha value is -2.31. The van der Waals surface area contributed by atoms with E-state index in [2.05, 4.69) is 10.5 Å². The van der Waals surface area contributed by atoms with Crippen molar-refractivity contribution in [3.63, 3.8) is 0 Å². The molecule has 1 aliphatic rings. The van der Waals surface area contributed by atoms with Crippen LogP contribution in [0, 0.1) is 0 Å². The minimum Gasteiger partial charge on any atom is -0.301 e. The standard InChI is InChI=1S/C17H14ClN3O2S/c18-13-7-5-12(6-8-13)9-19-20-16(22)10-21-14-3-1-2-4-15(14)24-11-17(21)23/h1-9H,10-11H2,(H,20,22)/b19-9-. The number of anilines is 1. The van der Waals surface area contributed by atoms with E-state index in [9.17, 15) is 9.59 Å². The maximum atomic E-state index is 12.1. The fraction of sp³-hybridized carbons (Fsp3) is 0.118. The molecule has 0 atom stereocenters. The average molecular weight is 360 g/mol. The van der Waals surface area contributed by atoms with Crippen molar-refractivity contribution < 1.29 is 9.59 Å². The summed E-state index contributed by atoms with van der Waals surface area (Å²) in [5, 5.41) is 4.54. The van der Waals surface area contributed by atoms with E-state index in [1.165, 1.54) is 22.9 Å². The summed E-state index contributed by atoms with van der Waals surface area (Å²) in [5.74, 6) is -0.107. The van der Waals surface area contributed by atoms with Gasteiger partial charge < -0.3 is 4.90 Å². The lowest BCUT2D eigenvalue weighted by molar-refractivity contribution is -0.122. The number of amides is 2. The molecule has 0 aromatic heterocycles. The quantitative estimate of drug-likeness (QED) is 0.674. The van der Waals surface area contributed by atoms with Gasteiger partial charge in [0.15, 0.2) is 0 Å². The highest BCUT2D eigenvalue weighted by Gasteiger charge is 2.25. The molecule has 1 heterocycles. The molecule has 0 fully saturated rings. The Labute approximate surface area is 148 Å². The van der Waals surface area contributed by atoms with Crippen LogP contribution in [0.3, 0.4) is 0 Å². The molecule has 0 saturated heterocycles. The molecule has 0 spiro atoms. The molecule has 0 radical (unpaired) electrons. The second-order valence-corrected chi connectivity index (χ2v) is 6.53. The van der Waals surface area contributed by atoms with E-state index in [4.69, 9.17) is 11.6 Å². The summed E-state index contributed by atoms with van der Waals surface area (Å²) in [7, 11) is 0. The molecule has 0 unspecified atom stereocenters. The van der Waals surface area contributed by atoms with Gasteiger partial charge in [-0.05, 0) is 29.8 Å². The molecule has 24 heavy (non-hydrogen) atoms. The Bertz CT molecular complexity index is 793. The van der Waals surface area contributed by atoms with E-state index in [0.29, 0.717) is 10.8 Å². The third-order valence-corrected chi connectivity index (χ3v) is 4.68. The molecular formula is C17H14ClN3O2S. The van der Waals surface area contributed by atoms with E-state index in [1.807, 2.05) is 24.3 Å². The number of hydrogen-bond donors (Lipinski definition) is 1. The number of hydrazone groups is 1. The predicted octanol–water partition coefficient (Wildman–Crippen LogP) is 2.93. The number of thioether (sulfide) groups is 1. The molecule has 1 N–H and O–H groups in total. The van der Waals surface area contributed by atoms with Crippen molar-refractivity contribution in [1.29, 1.82) is 0 Å². The molecule has 5 nitrogen and oxygen atoms in total. The number of carbonyl (C=O) groups excluding carboxylic acids is 2. The highest BCUT2D eigenvalue weighted by molar-refractivity contribution is 8.00. The van der Waals surface area contributed by atoms with Gasteiger partial charge in [0.25, 0.3) is 5.91 Å². The minimum atomic E-state index is -0.352. The minimum absolute atomic E-state index is 0.0611. The fourth-order valence-corrected chi connectivity index (χ4v) is 3.30. The first-order valence-electron chi connectivity index (χ1n) is 7.23. The van der Waals surface area contributed by atoms with Crippen LogP contribution in [0.15, 0.2) is 58.5 Å². The highest BCUT2D eigenvalue weighted by Crippen LogP contribution is 2.34. The van der Waals surface area contributed by atoms with Crippen molar-refractivity contribution >= 4 is 47.1 Å². The molecule has 0 bridgehead atoms. The van der Waals surface area contributed by atoms with Gasteiger partial charge in [0.2, 0.25) is 5.91 Å². The number of hydrogen-bond acceptors (Lipinski definition) is 4. The topological polar surface area (TPSA) is 61.8 Å². The van der Waals surface area contributed by atoms with Crippen LogP contribution in [0.2, 0.25) is 5.02 Å². The second kappa shape index (κ2) is 7.51. The number of nitrogens with zero attached hydrogens (tertiary/aromatic N) is 2. The number of carbonyl (C=O) groups is 2. The van der Waals surface area contributed by atoms with Gasteiger partial charge in [-0.1, -0.05) is 35.9 Å². The molecule has 0 aliphatic carbocycles. The zero-order valence-corrected chi connectivity index (χ0v) is 14.2. The van der Waals surface area contributed by atoms with Gasteiger partial charge in [0, 0.05) is 9.92 Å². The number of fused-ring (bicyclic) bond motifs is 1. The van der Waals surface area contributed by atoms with Crippen molar-refractivity contribution in [2.75, 3.05) is 17.2 Å². The largest absolute Gasteiger partial charge is 0.301 e. The molecule has 2 aromatic carbocycles. The SMILES string of the molecule is O=C(CN1C(=O)CSc2ccccc21)N/N=C\c1ccc(Cl)cc1. The van der Waals surface area contributed by atoms with Gasteiger partial charge >= 0.3 is 0 Å². The Balaban J connectivity index is 1.62. The molecule has 3 rings (SSSR count). The van der Waals surface area contributed by atoms with E-state index >= 15 is 0 Å². The highest BCUT2D eigenvalue weighted by atomic mass is 35.5. The second-order valence-electron chi connectivity index (χ2n) is 5.08. The lowest BCUT2D eigenvalue weighted by Gasteiger charge is -2.27. The Morgan fingerprint density at radius 1 is 1.25 bits per heavy atom. The van der Waals surface area contributed by atoms with Crippen LogP contribution in [0.4, 0.5) is 5.69 Å². The van der Waals surface area contributed by atoms with Crippen molar-refractivity contribution in [3.05, 3.63) is 59.1 Å². The third kappa shape index (κ3) is 3.96. The summed E-state index contributed by atoms with van der Waals surface area (Å²) in [4.78, 5) is 26.6. The van der Waals surface area contributed by atoms with Crippen LogP contribution >= 0.6 is 23.4 Å². The number of para-hydroxylation sites is 1. The normalized spacial score (nSPS) is 13.9. The molecule has 7 heteroatoms. The van der Waals surface area contributed by atoms with Crippen LogP contribution < -0.4 is 10.3 Å². The van der Waals surface area contributed by atoms with E-state index in [1.54, 1.807) is 24.3 Å². The molecular weight excluding hydrogens is 346 g/mol. The predicted molar refractivity (Wildman–Crippen MR) is 96.7 cm³/mol.